The number of sulfonamides is 1. The minimum Gasteiger partial charge on any atom is -0.491 e. The smallest absolute Gasteiger partial charge is 0.244 e. The van der Waals surface area contributed by atoms with Crippen LogP contribution in [0, 0.1) is 27.7 Å². The van der Waals surface area contributed by atoms with Crippen molar-refractivity contribution in [2.24, 2.45) is 0 Å². The predicted molar refractivity (Wildman–Crippen MR) is 122 cm³/mol. The molecule has 0 aliphatic heterocycles. The number of rotatable bonds is 9. The van der Waals surface area contributed by atoms with Crippen LogP contribution in [0.2, 0.25) is 0 Å². The molecule has 0 radical (unpaired) electrons. The second-order valence-electron chi connectivity index (χ2n) is 7.68. The Balaban J connectivity index is 2.12. The number of carbonyl (C=O) groups excluding carboxylic acids is 1. The molecule has 1 unspecified atom stereocenters. The van der Waals surface area contributed by atoms with Crippen LogP contribution >= 0.6 is 0 Å². The molecular formula is C23H32N2O4S. The van der Waals surface area contributed by atoms with E-state index in [-0.39, 0.29) is 12.5 Å². The molecule has 30 heavy (non-hydrogen) atoms. The molecule has 0 spiro atoms. The van der Waals surface area contributed by atoms with Crippen molar-refractivity contribution >= 4 is 21.6 Å². The summed E-state index contributed by atoms with van der Waals surface area (Å²) in [7, 11) is -3.66. The van der Waals surface area contributed by atoms with Gasteiger partial charge in [0.15, 0.2) is 0 Å². The van der Waals surface area contributed by atoms with Crippen LogP contribution in [-0.2, 0) is 14.8 Å². The Labute approximate surface area is 180 Å². The lowest BCUT2D eigenvalue weighted by atomic mass is 10.1. The number of amides is 1. The zero-order valence-corrected chi connectivity index (χ0v) is 19.5. The van der Waals surface area contributed by atoms with Crippen LogP contribution in [0.4, 0.5) is 5.69 Å². The van der Waals surface area contributed by atoms with Gasteiger partial charge in [-0.15, -0.1) is 0 Å². The van der Waals surface area contributed by atoms with Gasteiger partial charge in [-0.2, -0.15) is 0 Å². The molecule has 6 nitrogen and oxygen atoms in total. The van der Waals surface area contributed by atoms with Gasteiger partial charge in [-0.1, -0.05) is 31.2 Å². The fourth-order valence-electron chi connectivity index (χ4n) is 3.31. The molecule has 0 bridgehead atoms. The van der Waals surface area contributed by atoms with Gasteiger partial charge in [0.05, 0.1) is 18.5 Å². The van der Waals surface area contributed by atoms with Gasteiger partial charge in [-0.3, -0.25) is 9.10 Å². The lowest BCUT2D eigenvalue weighted by molar-refractivity contribution is -0.122. The van der Waals surface area contributed by atoms with E-state index in [0.717, 1.165) is 34.3 Å². The zero-order chi connectivity index (χ0) is 22.5. The van der Waals surface area contributed by atoms with Gasteiger partial charge < -0.3 is 10.1 Å². The molecule has 0 saturated carbocycles. The first kappa shape index (κ1) is 23.7. The topological polar surface area (TPSA) is 75.7 Å². The summed E-state index contributed by atoms with van der Waals surface area (Å²) in [6, 6.07) is 10.7. The molecule has 2 aromatic rings. The maximum absolute atomic E-state index is 12.9. The van der Waals surface area contributed by atoms with E-state index in [2.05, 4.69) is 5.32 Å². The summed E-state index contributed by atoms with van der Waals surface area (Å²) in [5.41, 5.74) is 4.39. The van der Waals surface area contributed by atoms with Crippen LogP contribution < -0.4 is 14.4 Å². The zero-order valence-electron chi connectivity index (χ0n) is 18.7. The molecule has 0 aromatic heterocycles. The summed E-state index contributed by atoms with van der Waals surface area (Å²) < 4.78 is 32.2. The Hall–Kier alpha value is -2.54. The highest BCUT2D eigenvalue weighted by Crippen LogP contribution is 2.27. The Kier molecular flexibility index (Phi) is 7.89. The first-order chi connectivity index (χ1) is 14.0. The van der Waals surface area contributed by atoms with E-state index in [1.54, 1.807) is 13.0 Å². The molecule has 1 N–H and O–H groups in total. The van der Waals surface area contributed by atoms with Crippen molar-refractivity contribution in [2.45, 2.75) is 47.1 Å². The average molecular weight is 433 g/mol. The van der Waals surface area contributed by atoms with Gasteiger partial charge in [-0.25, -0.2) is 8.42 Å². The molecule has 0 aliphatic rings. The number of benzene rings is 2. The lowest BCUT2D eigenvalue weighted by Gasteiger charge is -2.31. The Bertz CT molecular complexity index is 1000. The van der Waals surface area contributed by atoms with Crippen molar-refractivity contribution in [1.82, 2.24) is 5.32 Å². The highest BCUT2D eigenvalue weighted by Gasteiger charge is 2.32. The molecule has 1 amide bonds. The summed E-state index contributed by atoms with van der Waals surface area (Å²) in [5.74, 6) is 0.442. The van der Waals surface area contributed by atoms with Crippen LogP contribution in [0.15, 0.2) is 36.4 Å². The third kappa shape index (κ3) is 5.98. The number of hydrogen-bond donors (Lipinski definition) is 1. The Morgan fingerprint density at radius 1 is 1.03 bits per heavy atom. The fraction of sp³-hybridized carbons (Fsp3) is 0.435. The molecule has 1 atom stereocenters. The van der Waals surface area contributed by atoms with Crippen LogP contribution in [0.3, 0.4) is 0 Å². The molecule has 164 valence electrons. The number of carbonyl (C=O) groups is 1. The quantitative estimate of drug-likeness (QED) is 0.614. The molecule has 2 aromatic carbocycles. The van der Waals surface area contributed by atoms with Gasteiger partial charge in [0.1, 0.15) is 18.4 Å². The van der Waals surface area contributed by atoms with Crippen molar-refractivity contribution in [3.05, 3.63) is 58.7 Å². The van der Waals surface area contributed by atoms with Crippen LogP contribution in [0.25, 0.3) is 0 Å². The average Bonchev–Trinajstić information content (AvgIpc) is 2.66. The lowest BCUT2D eigenvalue weighted by Crippen LogP contribution is -2.50. The largest absolute Gasteiger partial charge is 0.491 e. The number of aryl methyl sites for hydroxylation is 4. The number of anilines is 1. The molecule has 2 rings (SSSR count). The maximum atomic E-state index is 12.9. The number of ether oxygens (including phenoxy) is 1. The van der Waals surface area contributed by atoms with Crippen LogP contribution in [0.1, 0.15) is 35.6 Å². The van der Waals surface area contributed by atoms with Gasteiger partial charge in [0.25, 0.3) is 0 Å². The summed E-state index contributed by atoms with van der Waals surface area (Å²) in [5, 5.41) is 2.82. The summed E-state index contributed by atoms with van der Waals surface area (Å²) in [4.78, 5) is 12.9. The summed E-state index contributed by atoms with van der Waals surface area (Å²) in [6.45, 7) is 10.1. The van der Waals surface area contributed by atoms with E-state index in [9.17, 15) is 13.2 Å². The second-order valence-corrected chi connectivity index (χ2v) is 9.54. The van der Waals surface area contributed by atoms with Gasteiger partial charge in [-0.05, 0) is 68.5 Å². The highest BCUT2D eigenvalue weighted by molar-refractivity contribution is 7.92. The van der Waals surface area contributed by atoms with Crippen molar-refractivity contribution < 1.29 is 17.9 Å². The summed E-state index contributed by atoms with van der Waals surface area (Å²) >= 11 is 0. The van der Waals surface area contributed by atoms with E-state index in [4.69, 9.17) is 4.74 Å². The third-order valence-corrected chi connectivity index (χ3v) is 6.10. The SMILES string of the molecule is CCC(C(=O)NCCOc1cc(C)ccc1C)N(c1cc(C)ccc1C)S(C)(=O)=O. The van der Waals surface area contributed by atoms with Gasteiger partial charge in [0.2, 0.25) is 15.9 Å². The highest BCUT2D eigenvalue weighted by atomic mass is 32.2. The predicted octanol–water partition coefficient (Wildman–Crippen LogP) is 3.66. The second kappa shape index (κ2) is 9.98. The monoisotopic (exact) mass is 432 g/mol. The molecular weight excluding hydrogens is 400 g/mol. The van der Waals surface area contributed by atoms with Gasteiger partial charge >= 0.3 is 0 Å². The first-order valence-corrected chi connectivity index (χ1v) is 11.9. The normalized spacial score (nSPS) is 12.3. The molecule has 7 heteroatoms. The molecule has 0 aliphatic carbocycles. The molecule has 0 saturated heterocycles. The number of hydrogen-bond acceptors (Lipinski definition) is 4. The van der Waals surface area contributed by atoms with Crippen molar-refractivity contribution in [3.63, 3.8) is 0 Å². The van der Waals surface area contributed by atoms with E-state index < -0.39 is 16.1 Å². The van der Waals surface area contributed by atoms with Crippen LogP contribution in [-0.4, -0.2) is 39.8 Å². The van der Waals surface area contributed by atoms with Gasteiger partial charge in [0, 0.05) is 0 Å². The summed E-state index contributed by atoms with van der Waals surface area (Å²) in [6.07, 6.45) is 1.48. The van der Waals surface area contributed by atoms with Crippen molar-refractivity contribution in [2.75, 3.05) is 23.7 Å². The maximum Gasteiger partial charge on any atom is 0.244 e. The molecule has 0 fully saturated rings. The standard InChI is InChI=1S/C23H32N2O4S/c1-7-20(25(30(6,27)28)21-14-16(2)8-10-18(21)4)23(26)24-12-13-29-22-15-17(3)9-11-19(22)5/h8-11,14-15,20H,7,12-13H2,1-6H3,(H,24,26). The van der Waals surface area contributed by atoms with E-state index in [1.807, 2.05) is 58.0 Å². The van der Waals surface area contributed by atoms with Crippen LogP contribution in [0.5, 0.6) is 5.75 Å². The Morgan fingerprint density at radius 2 is 1.63 bits per heavy atom. The molecule has 0 heterocycles. The number of nitrogens with one attached hydrogen (secondary N) is 1. The minimum atomic E-state index is -3.66. The van der Waals surface area contributed by atoms with E-state index in [1.165, 1.54) is 4.31 Å². The third-order valence-electron chi connectivity index (χ3n) is 4.93. The minimum absolute atomic E-state index is 0.285. The van der Waals surface area contributed by atoms with Crippen molar-refractivity contribution in [3.8, 4) is 5.75 Å². The number of nitrogens with zero attached hydrogens (tertiary/aromatic N) is 1. The van der Waals surface area contributed by atoms with E-state index in [0.29, 0.717) is 18.7 Å². The van der Waals surface area contributed by atoms with Crippen molar-refractivity contribution in [1.29, 1.82) is 0 Å². The van der Waals surface area contributed by atoms with E-state index >= 15 is 0 Å². The fourth-order valence-corrected chi connectivity index (χ4v) is 4.57. The Morgan fingerprint density at radius 3 is 2.23 bits per heavy atom. The first-order valence-electron chi connectivity index (χ1n) is 10.1.